The number of carbonyl (C=O) groups is 1. The maximum Gasteiger partial charge on any atom is 0.322 e. The lowest BCUT2D eigenvalue weighted by molar-refractivity contribution is -0.0135. The first-order valence-corrected chi connectivity index (χ1v) is 8.52. The summed E-state index contributed by atoms with van der Waals surface area (Å²) in [5.41, 5.74) is 2.82. The Kier molecular flexibility index (Phi) is 5.46. The zero-order valence-corrected chi connectivity index (χ0v) is 15.0. The predicted octanol–water partition coefficient (Wildman–Crippen LogP) is 4.26. The van der Waals surface area contributed by atoms with Gasteiger partial charge in [0.2, 0.25) is 0 Å². The molecule has 1 fully saturated rings. The Hall–Kier alpha value is -2.24. The molecule has 2 amide bonds. The molecule has 1 N–H and O–H groups in total. The number of urea groups is 1. The normalized spacial score (nSPS) is 17.2. The molecule has 2 aromatic rings. The second-order valence-electron chi connectivity index (χ2n) is 5.99. The Morgan fingerprint density at radius 2 is 2.04 bits per heavy atom. The number of amides is 2. The van der Waals surface area contributed by atoms with E-state index in [1.165, 1.54) is 5.56 Å². The van der Waals surface area contributed by atoms with Crippen LogP contribution in [0.5, 0.6) is 5.75 Å². The van der Waals surface area contributed by atoms with Crippen molar-refractivity contribution < 1.29 is 14.3 Å². The highest BCUT2D eigenvalue weighted by molar-refractivity contribution is 6.31. The quantitative estimate of drug-likeness (QED) is 0.889. The van der Waals surface area contributed by atoms with Gasteiger partial charge in [-0.2, -0.15) is 0 Å². The molecule has 1 saturated heterocycles. The lowest BCUT2D eigenvalue weighted by Crippen LogP contribution is -2.44. The predicted molar refractivity (Wildman–Crippen MR) is 98.5 cm³/mol. The van der Waals surface area contributed by atoms with Gasteiger partial charge in [-0.3, -0.25) is 0 Å². The fourth-order valence-electron chi connectivity index (χ4n) is 2.79. The molecule has 132 valence electrons. The standard InChI is InChI=1S/C19H21ClN2O3/c1-13-3-5-14(6-4-13)18-12-22(9-10-25-18)19(23)21-16-11-15(20)7-8-17(16)24-2/h3-8,11,18H,9-10,12H2,1-2H3,(H,21,23). The van der Waals surface area contributed by atoms with Crippen molar-refractivity contribution in [1.29, 1.82) is 0 Å². The summed E-state index contributed by atoms with van der Waals surface area (Å²) in [6.07, 6.45) is -0.124. The first-order chi connectivity index (χ1) is 12.1. The molecule has 0 bridgehead atoms. The Morgan fingerprint density at radius 3 is 2.76 bits per heavy atom. The van der Waals surface area contributed by atoms with Crippen LogP contribution in [0.15, 0.2) is 42.5 Å². The number of morpholine rings is 1. The molecule has 1 aliphatic rings. The highest BCUT2D eigenvalue weighted by Crippen LogP contribution is 2.29. The number of hydrogen-bond acceptors (Lipinski definition) is 3. The highest BCUT2D eigenvalue weighted by atomic mass is 35.5. The molecule has 0 saturated carbocycles. The van der Waals surface area contributed by atoms with E-state index in [-0.39, 0.29) is 12.1 Å². The van der Waals surface area contributed by atoms with Gasteiger partial charge in [-0.05, 0) is 30.7 Å². The van der Waals surface area contributed by atoms with E-state index in [2.05, 4.69) is 17.4 Å². The number of ether oxygens (including phenoxy) is 2. The summed E-state index contributed by atoms with van der Waals surface area (Å²) in [7, 11) is 1.56. The molecule has 0 spiro atoms. The van der Waals surface area contributed by atoms with E-state index in [4.69, 9.17) is 21.1 Å². The molecule has 0 radical (unpaired) electrons. The summed E-state index contributed by atoms with van der Waals surface area (Å²) in [6.45, 7) is 3.58. The van der Waals surface area contributed by atoms with Crippen molar-refractivity contribution in [2.75, 3.05) is 32.1 Å². The van der Waals surface area contributed by atoms with Crippen molar-refractivity contribution in [1.82, 2.24) is 4.90 Å². The highest BCUT2D eigenvalue weighted by Gasteiger charge is 2.26. The summed E-state index contributed by atoms with van der Waals surface area (Å²) in [5, 5.41) is 3.41. The molecule has 1 heterocycles. The number of halogens is 1. The van der Waals surface area contributed by atoms with E-state index in [1.54, 1.807) is 30.2 Å². The van der Waals surface area contributed by atoms with Gasteiger partial charge in [0, 0.05) is 11.6 Å². The molecule has 5 nitrogen and oxygen atoms in total. The summed E-state index contributed by atoms with van der Waals surface area (Å²) >= 11 is 6.02. The molecule has 2 aromatic carbocycles. The number of carbonyl (C=O) groups excluding carboxylic acids is 1. The Balaban J connectivity index is 1.70. The first kappa shape index (κ1) is 17.6. The van der Waals surface area contributed by atoms with E-state index in [9.17, 15) is 4.79 Å². The minimum Gasteiger partial charge on any atom is -0.495 e. The number of benzene rings is 2. The van der Waals surface area contributed by atoms with Gasteiger partial charge in [-0.15, -0.1) is 0 Å². The number of hydrogen-bond donors (Lipinski definition) is 1. The van der Waals surface area contributed by atoms with Crippen LogP contribution in [0.3, 0.4) is 0 Å². The summed E-state index contributed by atoms with van der Waals surface area (Å²) in [4.78, 5) is 14.4. The van der Waals surface area contributed by atoms with Gasteiger partial charge < -0.3 is 19.7 Å². The monoisotopic (exact) mass is 360 g/mol. The average molecular weight is 361 g/mol. The van der Waals surface area contributed by atoms with E-state index < -0.39 is 0 Å². The molecule has 1 unspecified atom stereocenters. The maximum absolute atomic E-state index is 12.6. The summed E-state index contributed by atoms with van der Waals surface area (Å²) in [5.74, 6) is 0.570. The summed E-state index contributed by atoms with van der Waals surface area (Å²) in [6, 6.07) is 13.1. The van der Waals surface area contributed by atoms with Crippen LogP contribution in [0.4, 0.5) is 10.5 Å². The van der Waals surface area contributed by atoms with Gasteiger partial charge in [0.1, 0.15) is 11.9 Å². The van der Waals surface area contributed by atoms with Gasteiger partial charge in [0.25, 0.3) is 0 Å². The third kappa shape index (κ3) is 4.24. The molecule has 0 aliphatic carbocycles. The lowest BCUT2D eigenvalue weighted by Gasteiger charge is -2.33. The number of rotatable bonds is 3. The molecular weight excluding hydrogens is 340 g/mol. The van der Waals surface area contributed by atoms with Crippen molar-refractivity contribution in [3.05, 3.63) is 58.6 Å². The third-order valence-electron chi connectivity index (χ3n) is 4.21. The molecule has 1 atom stereocenters. The second-order valence-corrected chi connectivity index (χ2v) is 6.43. The van der Waals surface area contributed by atoms with Gasteiger partial charge in [0.05, 0.1) is 25.9 Å². The van der Waals surface area contributed by atoms with E-state index in [0.717, 1.165) is 5.56 Å². The van der Waals surface area contributed by atoms with Crippen LogP contribution in [-0.2, 0) is 4.74 Å². The lowest BCUT2D eigenvalue weighted by atomic mass is 10.1. The van der Waals surface area contributed by atoms with Gasteiger partial charge in [-0.1, -0.05) is 41.4 Å². The third-order valence-corrected chi connectivity index (χ3v) is 4.44. The van der Waals surface area contributed by atoms with Gasteiger partial charge in [-0.25, -0.2) is 4.79 Å². The van der Waals surface area contributed by atoms with E-state index in [1.807, 2.05) is 19.1 Å². The summed E-state index contributed by atoms with van der Waals surface area (Å²) < 4.78 is 11.1. The molecular formula is C19H21ClN2O3. The zero-order valence-electron chi connectivity index (χ0n) is 14.3. The van der Waals surface area contributed by atoms with Crippen LogP contribution in [-0.4, -0.2) is 37.7 Å². The number of aryl methyl sites for hydroxylation is 1. The Labute approximate surface area is 152 Å². The SMILES string of the molecule is COc1ccc(Cl)cc1NC(=O)N1CCOC(c2ccc(C)cc2)C1. The molecule has 3 rings (SSSR count). The maximum atomic E-state index is 12.6. The fourth-order valence-corrected chi connectivity index (χ4v) is 2.96. The number of nitrogens with zero attached hydrogens (tertiary/aromatic N) is 1. The van der Waals surface area contributed by atoms with E-state index >= 15 is 0 Å². The molecule has 1 aliphatic heterocycles. The van der Waals surface area contributed by atoms with E-state index in [0.29, 0.717) is 36.2 Å². The van der Waals surface area contributed by atoms with Crippen LogP contribution < -0.4 is 10.1 Å². The fraction of sp³-hybridized carbons (Fsp3) is 0.316. The molecule has 0 aromatic heterocycles. The second kappa shape index (κ2) is 7.76. The van der Waals surface area contributed by atoms with Crippen LogP contribution >= 0.6 is 11.6 Å². The van der Waals surface area contributed by atoms with Crippen LogP contribution in [0, 0.1) is 6.92 Å². The van der Waals surface area contributed by atoms with Crippen LogP contribution in [0.1, 0.15) is 17.2 Å². The van der Waals surface area contributed by atoms with Crippen molar-refractivity contribution >= 4 is 23.3 Å². The minimum atomic E-state index is -0.194. The first-order valence-electron chi connectivity index (χ1n) is 8.14. The van der Waals surface area contributed by atoms with Crippen molar-refractivity contribution in [2.24, 2.45) is 0 Å². The van der Waals surface area contributed by atoms with Crippen molar-refractivity contribution in [3.63, 3.8) is 0 Å². The number of anilines is 1. The minimum absolute atomic E-state index is 0.124. The largest absolute Gasteiger partial charge is 0.495 e. The zero-order chi connectivity index (χ0) is 17.8. The van der Waals surface area contributed by atoms with Crippen LogP contribution in [0.25, 0.3) is 0 Å². The van der Waals surface area contributed by atoms with Gasteiger partial charge >= 0.3 is 6.03 Å². The van der Waals surface area contributed by atoms with Crippen LogP contribution in [0.2, 0.25) is 5.02 Å². The number of nitrogens with one attached hydrogen (secondary N) is 1. The average Bonchev–Trinajstić information content (AvgIpc) is 2.62. The smallest absolute Gasteiger partial charge is 0.322 e. The number of methoxy groups -OCH3 is 1. The Morgan fingerprint density at radius 1 is 1.28 bits per heavy atom. The van der Waals surface area contributed by atoms with Crippen molar-refractivity contribution in [2.45, 2.75) is 13.0 Å². The Bertz CT molecular complexity index is 749. The van der Waals surface area contributed by atoms with Crippen molar-refractivity contribution in [3.8, 4) is 5.75 Å². The molecule has 6 heteroatoms. The van der Waals surface area contributed by atoms with Gasteiger partial charge in [0.15, 0.2) is 0 Å². The topological polar surface area (TPSA) is 50.8 Å². The molecule has 25 heavy (non-hydrogen) atoms.